The van der Waals surface area contributed by atoms with E-state index in [0.29, 0.717) is 44.5 Å². The number of halogens is 2. The van der Waals surface area contributed by atoms with Crippen LogP contribution in [0.2, 0.25) is 5.02 Å². The molecule has 0 N–H and O–H groups in total. The van der Waals surface area contributed by atoms with Crippen molar-refractivity contribution in [3.8, 4) is 11.5 Å². The van der Waals surface area contributed by atoms with E-state index in [1.54, 1.807) is 35.2 Å². The highest BCUT2D eigenvalue weighted by Crippen LogP contribution is 2.39. The number of thiocarbonyl (C=S) groups is 1. The van der Waals surface area contributed by atoms with Crippen molar-refractivity contribution in [3.05, 3.63) is 63.3 Å². The number of carbonyl (C=O) groups excluding carboxylic acids is 1. The van der Waals surface area contributed by atoms with Crippen LogP contribution in [0.3, 0.4) is 0 Å². The SMILES string of the molecule is CCOc1cc(C=C2SC(=S)N(CC)C2=O)cc(Cl)c1OCc1ccc(F)cc1. The summed E-state index contributed by atoms with van der Waals surface area (Å²) in [5, 5.41) is 0.357. The van der Waals surface area contributed by atoms with Crippen molar-refractivity contribution in [2.75, 3.05) is 13.2 Å². The highest BCUT2D eigenvalue weighted by atomic mass is 35.5. The second-order valence-electron chi connectivity index (χ2n) is 6.10. The molecular formula is C21H19ClFNO3S2. The van der Waals surface area contributed by atoms with Gasteiger partial charge in [0.2, 0.25) is 0 Å². The third-order valence-electron chi connectivity index (χ3n) is 4.12. The van der Waals surface area contributed by atoms with Crippen LogP contribution in [-0.4, -0.2) is 28.3 Å². The van der Waals surface area contributed by atoms with Gasteiger partial charge >= 0.3 is 0 Å². The van der Waals surface area contributed by atoms with Gasteiger partial charge in [-0.05, 0) is 55.3 Å². The van der Waals surface area contributed by atoms with E-state index in [1.165, 1.54) is 23.9 Å². The fraction of sp³-hybridized carbons (Fsp3) is 0.238. The van der Waals surface area contributed by atoms with Crippen molar-refractivity contribution >= 4 is 51.9 Å². The molecule has 1 fully saturated rings. The van der Waals surface area contributed by atoms with Crippen LogP contribution in [0.5, 0.6) is 11.5 Å². The number of hydrogen-bond acceptors (Lipinski definition) is 5. The lowest BCUT2D eigenvalue weighted by Crippen LogP contribution is -2.27. The fourth-order valence-electron chi connectivity index (χ4n) is 2.73. The van der Waals surface area contributed by atoms with Crippen molar-refractivity contribution in [2.24, 2.45) is 0 Å². The summed E-state index contributed by atoms with van der Waals surface area (Å²) >= 11 is 13.0. The van der Waals surface area contributed by atoms with Crippen molar-refractivity contribution < 1.29 is 18.7 Å². The van der Waals surface area contributed by atoms with E-state index < -0.39 is 0 Å². The molecule has 4 nitrogen and oxygen atoms in total. The minimum absolute atomic E-state index is 0.117. The molecular weight excluding hydrogens is 433 g/mol. The van der Waals surface area contributed by atoms with Crippen LogP contribution in [0.25, 0.3) is 6.08 Å². The Morgan fingerprint density at radius 1 is 1.21 bits per heavy atom. The number of hydrogen-bond donors (Lipinski definition) is 0. The first-order valence-electron chi connectivity index (χ1n) is 9.01. The molecule has 0 aliphatic carbocycles. The van der Waals surface area contributed by atoms with Gasteiger partial charge in [0.1, 0.15) is 16.7 Å². The summed E-state index contributed by atoms with van der Waals surface area (Å²) in [6, 6.07) is 9.52. The predicted octanol–water partition coefficient (Wildman–Crippen LogP) is 5.68. The maximum atomic E-state index is 13.1. The Morgan fingerprint density at radius 2 is 1.93 bits per heavy atom. The number of likely N-dealkylation sites (N-methyl/N-ethyl adjacent to an activating group) is 1. The number of rotatable bonds is 7. The van der Waals surface area contributed by atoms with Gasteiger partial charge in [-0.3, -0.25) is 9.69 Å². The van der Waals surface area contributed by atoms with Crippen molar-refractivity contribution in [1.29, 1.82) is 0 Å². The molecule has 1 heterocycles. The van der Waals surface area contributed by atoms with Gasteiger partial charge in [0, 0.05) is 6.54 Å². The first-order chi connectivity index (χ1) is 13.9. The minimum atomic E-state index is -0.306. The molecule has 29 heavy (non-hydrogen) atoms. The molecule has 3 rings (SSSR count). The fourth-order valence-corrected chi connectivity index (χ4v) is 4.39. The second-order valence-corrected chi connectivity index (χ2v) is 8.19. The smallest absolute Gasteiger partial charge is 0.266 e. The van der Waals surface area contributed by atoms with E-state index in [2.05, 4.69) is 0 Å². The summed E-state index contributed by atoms with van der Waals surface area (Å²) in [4.78, 5) is 14.5. The van der Waals surface area contributed by atoms with Gasteiger partial charge in [0.15, 0.2) is 11.5 Å². The van der Waals surface area contributed by atoms with Gasteiger partial charge in [-0.2, -0.15) is 0 Å². The van der Waals surface area contributed by atoms with Crippen LogP contribution >= 0.6 is 35.6 Å². The van der Waals surface area contributed by atoms with Crippen LogP contribution in [0.4, 0.5) is 4.39 Å². The monoisotopic (exact) mass is 451 g/mol. The highest BCUT2D eigenvalue weighted by molar-refractivity contribution is 8.26. The van der Waals surface area contributed by atoms with Crippen LogP contribution in [0, 0.1) is 5.82 Å². The molecule has 2 aromatic carbocycles. The Hall–Kier alpha value is -2.09. The zero-order valence-corrected chi connectivity index (χ0v) is 18.3. The maximum Gasteiger partial charge on any atom is 0.266 e. The highest BCUT2D eigenvalue weighted by Gasteiger charge is 2.30. The molecule has 0 unspecified atom stereocenters. The Morgan fingerprint density at radius 3 is 2.55 bits per heavy atom. The number of benzene rings is 2. The third-order valence-corrected chi connectivity index (χ3v) is 5.77. The molecule has 0 atom stereocenters. The van der Waals surface area contributed by atoms with Gasteiger partial charge in [-0.1, -0.05) is 47.7 Å². The molecule has 0 bridgehead atoms. The maximum absolute atomic E-state index is 13.1. The van der Waals surface area contributed by atoms with Gasteiger partial charge in [0.05, 0.1) is 16.5 Å². The summed E-state index contributed by atoms with van der Waals surface area (Å²) in [6.45, 7) is 4.91. The molecule has 1 amide bonds. The lowest BCUT2D eigenvalue weighted by atomic mass is 10.1. The normalized spacial score (nSPS) is 15.3. The van der Waals surface area contributed by atoms with Gasteiger partial charge in [0.25, 0.3) is 5.91 Å². The standard InChI is InChI=1S/C21H19ClFNO3S2/c1-3-24-20(25)18(29-21(24)28)11-14-9-16(22)19(17(10-14)26-4-2)27-12-13-5-7-15(23)8-6-13/h5-11H,3-4,12H2,1-2H3. The van der Waals surface area contributed by atoms with Crippen LogP contribution in [0.15, 0.2) is 41.3 Å². The molecule has 0 aromatic heterocycles. The molecule has 1 aliphatic rings. The van der Waals surface area contributed by atoms with Crippen LogP contribution in [-0.2, 0) is 11.4 Å². The van der Waals surface area contributed by atoms with E-state index in [1.807, 2.05) is 13.8 Å². The predicted molar refractivity (Wildman–Crippen MR) is 119 cm³/mol. The summed E-state index contributed by atoms with van der Waals surface area (Å²) in [5.41, 5.74) is 1.52. The first-order valence-corrected chi connectivity index (χ1v) is 10.6. The zero-order valence-electron chi connectivity index (χ0n) is 15.9. The van der Waals surface area contributed by atoms with E-state index in [9.17, 15) is 9.18 Å². The number of nitrogens with zero attached hydrogens (tertiary/aromatic N) is 1. The molecule has 0 saturated carbocycles. The Balaban J connectivity index is 1.86. The van der Waals surface area contributed by atoms with Crippen LogP contribution in [0.1, 0.15) is 25.0 Å². The Bertz CT molecular complexity index is 963. The largest absolute Gasteiger partial charge is 0.490 e. The third kappa shape index (κ3) is 5.10. The number of thioether (sulfide) groups is 1. The average Bonchev–Trinajstić information content (AvgIpc) is 2.95. The Labute approximate surface area is 183 Å². The molecule has 152 valence electrons. The lowest BCUT2D eigenvalue weighted by Gasteiger charge is -2.15. The molecule has 2 aromatic rings. The average molecular weight is 452 g/mol. The van der Waals surface area contributed by atoms with E-state index in [-0.39, 0.29) is 18.3 Å². The number of ether oxygens (including phenoxy) is 2. The second kappa shape index (κ2) is 9.61. The van der Waals surface area contributed by atoms with Gasteiger partial charge < -0.3 is 9.47 Å². The summed E-state index contributed by atoms with van der Waals surface area (Å²) in [5.74, 6) is 0.447. The topological polar surface area (TPSA) is 38.8 Å². The summed E-state index contributed by atoms with van der Waals surface area (Å²) in [6.07, 6.45) is 1.74. The molecule has 0 spiro atoms. The van der Waals surface area contributed by atoms with Crippen molar-refractivity contribution in [1.82, 2.24) is 4.90 Å². The van der Waals surface area contributed by atoms with E-state index in [0.717, 1.165) is 5.56 Å². The molecule has 8 heteroatoms. The molecule has 1 aliphatic heterocycles. The van der Waals surface area contributed by atoms with Gasteiger partial charge in [-0.15, -0.1) is 0 Å². The van der Waals surface area contributed by atoms with Crippen molar-refractivity contribution in [2.45, 2.75) is 20.5 Å². The van der Waals surface area contributed by atoms with E-state index in [4.69, 9.17) is 33.3 Å². The molecule has 1 saturated heterocycles. The minimum Gasteiger partial charge on any atom is -0.490 e. The first kappa shape index (κ1) is 21.6. The zero-order chi connectivity index (χ0) is 21.0. The Kier molecular flexibility index (Phi) is 7.16. The summed E-state index contributed by atoms with van der Waals surface area (Å²) in [7, 11) is 0. The quantitative estimate of drug-likeness (QED) is 0.400. The summed E-state index contributed by atoms with van der Waals surface area (Å²) < 4.78 is 25.1. The molecule has 0 radical (unpaired) electrons. The van der Waals surface area contributed by atoms with Crippen molar-refractivity contribution in [3.63, 3.8) is 0 Å². The number of carbonyl (C=O) groups is 1. The van der Waals surface area contributed by atoms with Gasteiger partial charge in [-0.25, -0.2) is 4.39 Å². The number of amides is 1. The lowest BCUT2D eigenvalue weighted by molar-refractivity contribution is -0.121. The van der Waals surface area contributed by atoms with Crippen LogP contribution < -0.4 is 9.47 Å². The van der Waals surface area contributed by atoms with E-state index >= 15 is 0 Å².